The maximum absolute atomic E-state index is 11.5. The van der Waals surface area contributed by atoms with E-state index in [2.05, 4.69) is 36.3 Å². The van der Waals surface area contributed by atoms with Gasteiger partial charge >= 0.3 is 0 Å². The Balaban J connectivity index is 1.12. The number of benzene rings is 1. The van der Waals surface area contributed by atoms with Gasteiger partial charge in [0.05, 0.1) is 42.2 Å². The van der Waals surface area contributed by atoms with Crippen molar-refractivity contribution < 1.29 is 19.1 Å². The summed E-state index contributed by atoms with van der Waals surface area (Å²) in [6.45, 7) is 2.27. The number of nitrogens with zero attached hydrogens (tertiary/aromatic N) is 5. The van der Waals surface area contributed by atoms with Crippen LogP contribution in [0.4, 0.5) is 0 Å². The molecule has 2 aliphatic heterocycles. The molecule has 264 valence electrons. The van der Waals surface area contributed by atoms with Crippen LogP contribution in [0.15, 0.2) is 54.9 Å². The SMILES string of the molecule is COc1nc(-c2cccc(-c3ccnc(-c4cc(OC)c5nc(CNC[C@H]6CCC(=O)N6)nn5c4)c3Cl)c2Cl)ccc1CNC[C@@H]1CCC(=O)N1. The summed E-state index contributed by atoms with van der Waals surface area (Å²) in [6, 6.07) is 13.5. The Morgan fingerprint density at radius 3 is 2.25 bits per heavy atom. The van der Waals surface area contributed by atoms with Gasteiger partial charge in [0.1, 0.15) is 0 Å². The lowest BCUT2D eigenvalue weighted by atomic mass is 10.00. The number of rotatable bonds is 13. The van der Waals surface area contributed by atoms with E-state index in [1.807, 2.05) is 48.7 Å². The third-order valence-corrected chi connectivity index (χ3v) is 9.86. The fraction of sp³-hybridized carbons (Fsp3) is 0.333. The number of hydrogen-bond donors (Lipinski definition) is 4. The van der Waals surface area contributed by atoms with E-state index in [0.29, 0.717) is 100 Å². The van der Waals surface area contributed by atoms with E-state index in [0.717, 1.165) is 24.0 Å². The summed E-state index contributed by atoms with van der Waals surface area (Å²) in [5.74, 6) is 1.76. The minimum absolute atomic E-state index is 0.0808. The molecule has 0 unspecified atom stereocenters. The van der Waals surface area contributed by atoms with E-state index in [-0.39, 0.29) is 23.9 Å². The second kappa shape index (κ2) is 15.2. The van der Waals surface area contributed by atoms with Gasteiger partial charge in [0.25, 0.3) is 0 Å². The first-order chi connectivity index (χ1) is 24.8. The van der Waals surface area contributed by atoms with Crippen LogP contribution < -0.4 is 30.7 Å². The predicted octanol–water partition coefficient (Wildman–Crippen LogP) is 4.58. The minimum Gasteiger partial charge on any atom is -0.493 e. The summed E-state index contributed by atoms with van der Waals surface area (Å²) in [7, 11) is 3.17. The molecule has 0 bridgehead atoms. The molecule has 2 aliphatic rings. The van der Waals surface area contributed by atoms with Crippen molar-refractivity contribution in [2.75, 3.05) is 27.3 Å². The highest BCUT2D eigenvalue weighted by atomic mass is 35.5. The van der Waals surface area contributed by atoms with Crippen LogP contribution >= 0.6 is 23.2 Å². The Morgan fingerprint density at radius 1 is 0.863 bits per heavy atom. The number of fused-ring (bicyclic) bond motifs is 1. The molecule has 2 amide bonds. The molecule has 4 N–H and O–H groups in total. The summed E-state index contributed by atoms with van der Waals surface area (Å²) >= 11 is 14.2. The van der Waals surface area contributed by atoms with Crippen molar-refractivity contribution in [3.05, 3.63) is 76.3 Å². The van der Waals surface area contributed by atoms with Crippen LogP contribution in [-0.4, -0.2) is 75.8 Å². The largest absolute Gasteiger partial charge is 0.493 e. The van der Waals surface area contributed by atoms with E-state index in [1.54, 1.807) is 24.9 Å². The van der Waals surface area contributed by atoms with Crippen LogP contribution in [-0.2, 0) is 22.7 Å². The number of carbonyl (C=O) groups is 2. The molecular weight excluding hydrogens is 693 g/mol. The monoisotopic (exact) mass is 729 g/mol. The average molecular weight is 731 g/mol. The Bertz CT molecular complexity index is 2110. The number of hydrogen-bond acceptors (Lipinski definition) is 10. The number of methoxy groups -OCH3 is 2. The molecule has 5 aromatic rings. The fourth-order valence-electron chi connectivity index (χ4n) is 6.48. The van der Waals surface area contributed by atoms with E-state index < -0.39 is 0 Å². The van der Waals surface area contributed by atoms with Crippen molar-refractivity contribution in [1.82, 2.24) is 45.8 Å². The Kier molecular flexibility index (Phi) is 10.3. The first kappa shape index (κ1) is 34.6. The second-order valence-electron chi connectivity index (χ2n) is 12.5. The van der Waals surface area contributed by atoms with Crippen LogP contribution in [0, 0.1) is 0 Å². The molecule has 6 heterocycles. The molecule has 2 fully saturated rings. The van der Waals surface area contributed by atoms with Crippen LogP contribution in [0.1, 0.15) is 37.1 Å². The summed E-state index contributed by atoms with van der Waals surface area (Å²) in [5, 5.41) is 18.2. The molecule has 7 rings (SSSR count). The molecule has 0 saturated carbocycles. The Morgan fingerprint density at radius 2 is 1.57 bits per heavy atom. The quantitative estimate of drug-likeness (QED) is 0.135. The molecule has 51 heavy (non-hydrogen) atoms. The standard InChI is InChI=1S/C36H37Cl2N9O4/c1-50-28-14-21(19-47-35(28)45-29(46-47)18-40-17-23-8-11-31(49)43-23)34-33(38)25(12-13-41-34)24-4-3-5-26(32(24)37)27-9-6-20(36(44-27)51-2)15-39-16-22-7-10-30(48)42-22/h3-6,9,12-14,19,22-23,39-40H,7-8,10-11,15-18H2,1-2H3,(H,42,48)(H,43,49)/t22-,23+/m0/s1. The molecule has 13 nitrogen and oxygen atoms in total. The average Bonchev–Trinajstić information content (AvgIpc) is 3.87. The smallest absolute Gasteiger partial charge is 0.220 e. The van der Waals surface area contributed by atoms with Crippen molar-refractivity contribution in [3.63, 3.8) is 0 Å². The van der Waals surface area contributed by atoms with Crippen LogP contribution in [0.2, 0.25) is 10.0 Å². The maximum Gasteiger partial charge on any atom is 0.220 e. The van der Waals surface area contributed by atoms with Crippen molar-refractivity contribution in [2.24, 2.45) is 0 Å². The first-order valence-electron chi connectivity index (χ1n) is 16.7. The maximum atomic E-state index is 11.5. The zero-order valence-electron chi connectivity index (χ0n) is 28.1. The van der Waals surface area contributed by atoms with Crippen molar-refractivity contribution in [2.45, 2.75) is 50.9 Å². The van der Waals surface area contributed by atoms with Gasteiger partial charge in [-0.1, -0.05) is 47.5 Å². The van der Waals surface area contributed by atoms with Gasteiger partial charge in [0, 0.05) is 84.8 Å². The lowest BCUT2D eigenvalue weighted by Crippen LogP contribution is -2.35. The topological polar surface area (TPSA) is 157 Å². The van der Waals surface area contributed by atoms with Gasteiger partial charge < -0.3 is 30.7 Å². The van der Waals surface area contributed by atoms with Crippen LogP contribution in [0.3, 0.4) is 0 Å². The predicted molar refractivity (Wildman–Crippen MR) is 194 cm³/mol. The number of ether oxygens (including phenoxy) is 2. The molecule has 0 aliphatic carbocycles. The highest BCUT2D eigenvalue weighted by molar-refractivity contribution is 6.39. The number of aromatic nitrogens is 5. The molecule has 1 aromatic carbocycles. The van der Waals surface area contributed by atoms with Gasteiger partial charge in [-0.25, -0.2) is 14.5 Å². The lowest BCUT2D eigenvalue weighted by Gasteiger charge is -2.15. The highest BCUT2D eigenvalue weighted by Gasteiger charge is 2.23. The number of amides is 2. The molecule has 0 radical (unpaired) electrons. The van der Waals surface area contributed by atoms with Gasteiger partial charge in [-0.3, -0.25) is 14.6 Å². The number of nitrogens with one attached hydrogen (secondary N) is 4. The lowest BCUT2D eigenvalue weighted by molar-refractivity contribution is -0.120. The molecule has 15 heteroatoms. The van der Waals surface area contributed by atoms with Gasteiger partial charge in [-0.05, 0) is 31.0 Å². The summed E-state index contributed by atoms with van der Waals surface area (Å²) in [5.41, 5.74) is 5.44. The molecule has 2 atom stereocenters. The molecule has 0 spiro atoms. The van der Waals surface area contributed by atoms with Crippen LogP contribution in [0.5, 0.6) is 11.6 Å². The third kappa shape index (κ3) is 7.47. The highest BCUT2D eigenvalue weighted by Crippen LogP contribution is 2.42. The van der Waals surface area contributed by atoms with Gasteiger partial charge in [0.2, 0.25) is 17.7 Å². The van der Waals surface area contributed by atoms with Gasteiger partial charge in [-0.15, -0.1) is 5.10 Å². The first-order valence-corrected chi connectivity index (χ1v) is 17.5. The summed E-state index contributed by atoms with van der Waals surface area (Å²) in [4.78, 5) is 37.1. The van der Waals surface area contributed by atoms with E-state index in [9.17, 15) is 9.59 Å². The summed E-state index contributed by atoms with van der Waals surface area (Å²) < 4.78 is 13.0. The Hall–Kier alpha value is -4.82. The van der Waals surface area contributed by atoms with E-state index in [1.165, 1.54) is 0 Å². The molecule has 4 aromatic heterocycles. The Labute approximate surface area is 304 Å². The zero-order chi connectivity index (χ0) is 35.5. The molecular formula is C36H37Cl2N9O4. The van der Waals surface area contributed by atoms with Gasteiger partial charge in [-0.2, -0.15) is 0 Å². The zero-order valence-corrected chi connectivity index (χ0v) is 29.6. The summed E-state index contributed by atoms with van der Waals surface area (Å²) in [6.07, 6.45) is 6.26. The minimum atomic E-state index is 0.0808. The number of carbonyl (C=O) groups excluding carboxylic acids is 2. The van der Waals surface area contributed by atoms with Crippen molar-refractivity contribution in [3.8, 4) is 45.3 Å². The fourth-order valence-corrected chi connectivity index (χ4v) is 7.12. The van der Waals surface area contributed by atoms with Crippen LogP contribution in [0.25, 0.3) is 39.3 Å². The van der Waals surface area contributed by atoms with Crippen molar-refractivity contribution >= 4 is 40.7 Å². The van der Waals surface area contributed by atoms with E-state index in [4.69, 9.17) is 37.7 Å². The van der Waals surface area contributed by atoms with Crippen molar-refractivity contribution in [1.29, 1.82) is 0 Å². The third-order valence-electron chi connectivity index (χ3n) is 9.07. The normalized spacial score (nSPS) is 17.2. The van der Waals surface area contributed by atoms with E-state index >= 15 is 0 Å². The number of halogens is 2. The second-order valence-corrected chi connectivity index (χ2v) is 13.3. The number of pyridine rings is 3. The van der Waals surface area contributed by atoms with Gasteiger partial charge in [0.15, 0.2) is 17.2 Å². The molecule has 2 saturated heterocycles.